The molecule has 0 bridgehead atoms. The topological polar surface area (TPSA) is 62.8 Å². The summed E-state index contributed by atoms with van der Waals surface area (Å²) in [5, 5.41) is 4.86. The van der Waals surface area contributed by atoms with E-state index in [1.54, 1.807) is 36.5 Å². The molecule has 0 aromatic heterocycles. The Kier molecular flexibility index (Phi) is 6.75. The number of Topliss-reactive ketones (excluding diaryl/α,β-unsaturated/α-hetero) is 1. The predicted molar refractivity (Wildman–Crippen MR) is 101 cm³/mol. The summed E-state index contributed by atoms with van der Waals surface area (Å²) >= 11 is 11.8. The molecular formula is C19H20Cl2FN2O2+. The van der Waals surface area contributed by atoms with Gasteiger partial charge in [-0.25, -0.2) is 4.39 Å². The van der Waals surface area contributed by atoms with Crippen LogP contribution < -0.4 is 10.6 Å². The molecule has 0 aliphatic heterocycles. The second kappa shape index (κ2) is 8.62. The van der Waals surface area contributed by atoms with Gasteiger partial charge in [-0.1, -0.05) is 35.3 Å². The summed E-state index contributed by atoms with van der Waals surface area (Å²) in [7, 11) is 0. The van der Waals surface area contributed by atoms with E-state index >= 15 is 0 Å². The minimum Gasteiger partial charge on any atom is -0.330 e. The van der Waals surface area contributed by atoms with Crippen LogP contribution in [0.4, 0.5) is 10.1 Å². The van der Waals surface area contributed by atoms with Crippen molar-refractivity contribution in [3.05, 3.63) is 63.4 Å². The average Bonchev–Trinajstić information content (AvgIpc) is 2.58. The van der Waals surface area contributed by atoms with Crippen LogP contribution in [-0.4, -0.2) is 17.7 Å². The van der Waals surface area contributed by atoms with Crippen LogP contribution in [0.1, 0.15) is 42.7 Å². The first kappa shape index (κ1) is 20.4. The first-order valence-corrected chi connectivity index (χ1v) is 8.86. The quantitative estimate of drug-likeness (QED) is 0.571. The van der Waals surface area contributed by atoms with Crippen LogP contribution in [0.25, 0.3) is 0 Å². The fourth-order valence-corrected chi connectivity index (χ4v) is 3.14. The van der Waals surface area contributed by atoms with Gasteiger partial charge < -0.3 is 10.6 Å². The first-order valence-electron chi connectivity index (χ1n) is 8.10. The van der Waals surface area contributed by atoms with Gasteiger partial charge in [0.25, 0.3) is 5.91 Å². The number of amides is 1. The van der Waals surface area contributed by atoms with Crippen molar-refractivity contribution in [1.82, 2.24) is 0 Å². The molecule has 0 aliphatic carbocycles. The SMILES string of the molecule is CC(=O)c1cccc(NC(=O)[C@@H](C)[NH2+][C@H](C)c2cc(F)c(Cl)cc2Cl)c1. The number of nitrogens with two attached hydrogens (primary N) is 1. The first-order chi connectivity index (χ1) is 12.2. The number of benzene rings is 2. The zero-order valence-corrected chi connectivity index (χ0v) is 16.2. The van der Waals surface area contributed by atoms with Gasteiger partial charge in [-0.05, 0) is 45.0 Å². The maximum absolute atomic E-state index is 13.7. The van der Waals surface area contributed by atoms with E-state index in [-0.39, 0.29) is 22.8 Å². The van der Waals surface area contributed by atoms with E-state index in [4.69, 9.17) is 23.2 Å². The Balaban J connectivity index is 2.06. The van der Waals surface area contributed by atoms with Gasteiger partial charge in [0.2, 0.25) is 0 Å². The summed E-state index contributed by atoms with van der Waals surface area (Å²) < 4.78 is 13.7. The summed E-state index contributed by atoms with van der Waals surface area (Å²) in [6.07, 6.45) is 0. The van der Waals surface area contributed by atoms with Crippen molar-refractivity contribution in [2.45, 2.75) is 32.9 Å². The van der Waals surface area contributed by atoms with E-state index < -0.39 is 11.9 Å². The van der Waals surface area contributed by atoms with Crippen LogP contribution in [0.15, 0.2) is 36.4 Å². The molecular weight excluding hydrogens is 378 g/mol. The van der Waals surface area contributed by atoms with E-state index in [1.165, 1.54) is 19.1 Å². The third-order valence-electron chi connectivity index (χ3n) is 4.06. The number of ketones is 1. The summed E-state index contributed by atoms with van der Waals surface area (Å²) in [5.74, 6) is -0.860. The highest BCUT2D eigenvalue weighted by Gasteiger charge is 2.23. The smallest absolute Gasteiger partial charge is 0.282 e. The average molecular weight is 398 g/mol. The summed E-state index contributed by atoms with van der Waals surface area (Å²) in [4.78, 5) is 23.8. The predicted octanol–water partition coefficient (Wildman–Crippen LogP) is 3.99. The van der Waals surface area contributed by atoms with E-state index in [9.17, 15) is 14.0 Å². The van der Waals surface area contributed by atoms with Crippen LogP contribution in [0, 0.1) is 5.82 Å². The summed E-state index contributed by atoms with van der Waals surface area (Å²) in [6, 6.07) is 8.67. The molecule has 0 fully saturated rings. The van der Waals surface area contributed by atoms with Gasteiger partial charge in [0.1, 0.15) is 11.9 Å². The van der Waals surface area contributed by atoms with Crippen LogP contribution in [-0.2, 0) is 4.79 Å². The molecule has 0 heterocycles. The van der Waals surface area contributed by atoms with E-state index in [1.807, 2.05) is 6.92 Å². The standard InChI is InChI=1S/C19H19Cl2FN2O2/c1-10(15-8-18(22)17(21)9-16(15)20)23-11(2)19(26)24-14-6-4-5-13(7-14)12(3)25/h4-11,23H,1-3H3,(H,24,26)/p+1/t10-,11-/m1/s1. The van der Waals surface area contributed by atoms with Gasteiger partial charge >= 0.3 is 0 Å². The number of halogens is 3. The highest BCUT2D eigenvalue weighted by Crippen LogP contribution is 2.27. The highest BCUT2D eigenvalue weighted by molar-refractivity contribution is 6.35. The lowest BCUT2D eigenvalue weighted by molar-refractivity contribution is -0.709. The maximum atomic E-state index is 13.7. The normalized spacial score (nSPS) is 13.2. The molecule has 138 valence electrons. The molecule has 26 heavy (non-hydrogen) atoms. The third-order valence-corrected chi connectivity index (χ3v) is 4.67. The number of carbonyl (C=O) groups is 2. The number of anilines is 1. The van der Waals surface area contributed by atoms with Crippen LogP contribution in [0.5, 0.6) is 0 Å². The second-order valence-corrected chi connectivity index (χ2v) is 7.00. The molecule has 0 saturated carbocycles. The van der Waals surface area contributed by atoms with Crippen molar-refractivity contribution < 1.29 is 19.3 Å². The van der Waals surface area contributed by atoms with E-state index in [0.29, 0.717) is 21.8 Å². The van der Waals surface area contributed by atoms with Gasteiger partial charge in [-0.15, -0.1) is 0 Å². The Bertz CT molecular complexity index is 842. The highest BCUT2D eigenvalue weighted by atomic mass is 35.5. The van der Waals surface area contributed by atoms with Crippen molar-refractivity contribution in [1.29, 1.82) is 0 Å². The van der Waals surface area contributed by atoms with Gasteiger partial charge in [0.15, 0.2) is 11.8 Å². The summed E-state index contributed by atoms with van der Waals surface area (Å²) in [6.45, 7) is 5.03. The van der Waals surface area contributed by atoms with Gasteiger partial charge in [0.05, 0.1) is 10.0 Å². The molecule has 2 aromatic rings. The fraction of sp³-hybridized carbons (Fsp3) is 0.263. The number of hydrogen-bond donors (Lipinski definition) is 2. The number of quaternary nitrogens is 1. The zero-order chi connectivity index (χ0) is 19.4. The van der Waals surface area contributed by atoms with Gasteiger partial charge in [-0.2, -0.15) is 0 Å². The minimum atomic E-state index is -0.551. The molecule has 7 heteroatoms. The van der Waals surface area contributed by atoms with Crippen LogP contribution in [0.3, 0.4) is 0 Å². The molecule has 4 nitrogen and oxygen atoms in total. The van der Waals surface area contributed by atoms with E-state index in [0.717, 1.165) is 0 Å². The van der Waals surface area contributed by atoms with Crippen molar-refractivity contribution in [2.75, 3.05) is 5.32 Å². The van der Waals surface area contributed by atoms with E-state index in [2.05, 4.69) is 5.32 Å². The molecule has 0 aliphatic rings. The van der Waals surface area contributed by atoms with Crippen molar-refractivity contribution >= 4 is 40.6 Å². The Morgan fingerprint density at radius 3 is 2.46 bits per heavy atom. The lowest BCUT2D eigenvalue weighted by Gasteiger charge is -2.18. The molecule has 2 aromatic carbocycles. The number of rotatable bonds is 6. The van der Waals surface area contributed by atoms with Crippen molar-refractivity contribution in [3.63, 3.8) is 0 Å². The lowest BCUT2D eigenvalue weighted by Crippen LogP contribution is -2.91. The minimum absolute atomic E-state index is 0.0397. The second-order valence-electron chi connectivity index (χ2n) is 6.18. The summed E-state index contributed by atoms with van der Waals surface area (Å²) in [5.41, 5.74) is 1.63. The maximum Gasteiger partial charge on any atom is 0.282 e. The molecule has 0 saturated heterocycles. The molecule has 1 amide bonds. The molecule has 3 N–H and O–H groups in total. The van der Waals surface area contributed by atoms with Crippen LogP contribution in [0.2, 0.25) is 10.0 Å². The molecule has 0 radical (unpaired) electrons. The van der Waals surface area contributed by atoms with Crippen LogP contribution >= 0.6 is 23.2 Å². The number of nitrogens with one attached hydrogen (secondary N) is 1. The Hall–Kier alpha value is -1.95. The molecule has 0 spiro atoms. The Labute approximate surface area is 161 Å². The number of hydrogen-bond acceptors (Lipinski definition) is 2. The molecule has 2 atom stereocenters. The van der Waals surface area contributed by atoms with Gasteiger partial charge in [0, 0.05) is 16.8 Å². The zero-order valence-electron chi connectivity index (χ0n) is 14.6. The monoisotopic (exact) mass is 397 g/mol. The Morgan fingerprint density at radius 2 is 1.81 bits per heavy atom. The largest absolute Gasteiger partial charge is 0.330 e. The number of carbonyl (C=O) groups excluding carboxylic acids is 2. The third kappa shape index (κ3) is 5.04. The molecule has 2 rings (SSSR count). The van der Waals surface area contributed by atoms with Crippen molar-refractivity contribution in [3.8, 4) is 0 Å². The Morgan fingerprint density at radius 1 is 1.12 bits per heavy atom. The van der Waals surface area contributed by atoms with Gasteiger partial charge in [-0.3, -0.25) is 9.59 Å². The van der Waals surface area contributed by atoms with Crippen molar-refractivity contribution in [2.24, 2.45) is 0 Å². The lowest BCUT2D eigenvalue weighted by atomic mass is 10.1. The fourth-order valence-electron chi connectivity index (χ4n) is 2.58. The molecule has 0 unspecified atom stereocenters.